The highest BCUT2D eigenvalue weighted by Crippen LogP contribution is 2.19. The standard InChI is InChI=1S/C17H16N4S/c1-12-15(14-9-5-6-10-16(14)19-12)11-18-21-17(22)20-13-7-3-2-4-8-13/h2-11,19H,1H3,(H2,20,21,22)/b18-11-. The van der Waals surface area contributed by atoms with Gasteiger partial charge in [0.2, 0.25) is 0 Å². The van der Waals surface area contributed by atoms with Gasteiger partial charge >= 0.3 is 0 Å². The van der Waals surface area contributed by atoms with Crippen LogP contribution in [0.4, 0.5) is 5.69 Å². The van der Waals surface area contributed by atoms with Crippen molar-refractivity contribution < 1.29 is 0 Å². The molecule has 0 saturated carbocycles. The zero-order valence-corrected chi connectivity index (χ0v) is 12.9. The second-order valence-corrected chi connectivity index (χ2v) is 5.31. The number of thiocarbonyl (C=S) groups is 1. The lowest BCUT2D eigenvalue weighted by Crippen LogP contribution is -2.23. The van der Waals surface area contributed by atoms with E-state index < -0.39 is 0 Å². The highest BCUT2D eigenvalue weighted by Gasteiger charge is 2.05. The molecule has 0 spiro atoms. The molecule has 110 valence electrons. The number of rotatable bonds is 3. The lowest BCUT2D eigenvalue weighted by Gasteiger charge is -2.06. The number of anilines is 1. The van der Waals surface area contributed by atoms with Gasteiger partial charge in [-0.3, -0.25) is 5.43 Å². The molecule has 0 aliphatic rings. The summed E-state index contributed by atoms with van der Waals surface area (Å²) < 4.78 is 0. The molecular weight excluding hydrogens is 292 g/mol. The minimum atomic E-state index is 0.458. The fourth-order valence-corrected chi connectivity index (χ4v) is 2.47. The Kier molecular flexibility index (Phi) is 4.16. The van der Waals surface area contributed by atoms with Crippen molar-refractivity contribution in [2.45, 2.75) is 6.92 Å². The van der Waals surface area contributed by atoms with Gasteiger partial charge < -0.3 is 10.3 Å². The zero-order chi connectivity index (χ0) is 15.4. The van der Waals surface area contributed by atoms with E-state index in [-0.39, 0.29) is 0 Å². The van der Waals surface area contributed by atoms with Crippen LogP contribution in [-0.4, -0.2) is 16.3 Å². The Labute approximate surface area is 134 Å². The Morgan fingerprint density at radius 1 is 1.09 bits per heavy atom. The van der Waals surface area contributed by atoms with Crippen molar-refractivity contribution >= 4 is 40.1 Å². The second-order valence-electron chi connectivity index (χ2n) is 4.90. The number of benzene rings is 2. The third-order valence-electron chi connectivity index (χ3n) is 3.33. The number of aryl methyl sites for hydroxylation is 1. The smallest absolute Gasteiger partial charge is 0.191 e. The summed E-state index contributed by atoms with van der Waals surface area (Å²) in [7, 11) is 0. The molecule has 0 fully saturated rings. The normalized spacial score (nSPS) is 11.0. The van der Waals surface area contributed by atoms with Gasteiger partial charge in [0.25, 0.3) is 0 Å². The van der Waals surface area contributed by atoms with Crippen LogP contribution in [0.15, 0.2) is 59.7 Å². The van der Waals surface area contributed by atoms with Gasteiger partial charge in [0.15, 0.2) is 5.11 Å². The van der Waals surface area contributed by atoms with Gasteiger partial charge in [0.05, 0.1) is 6.21 Å². The van der Waals surface area contributed by atoms with Crippen molar-refractivity contribution in [2.75, 3.05) is 5.32 Å². The number of nitrogens with zero attached hydrogens (tertiary/aromatic N) is 1. The van der Waals surface area contributed by atoms with Gasteiger partial charge in [-0.2, -0.15) is 5.10 Å². The number of hydrogen-bond acceptors (Lipinski definition) is 2. The van der Waals surface area contributed by atoms with Crippen LogP contribution in [0, 0.1) is 6.92 Å². The molecule has 0 aliphatic carbocycles. The summed E-state index contributed by atoms with van der Waals surface area (Å²) in [5.74, 6) is 0. The Morgan fingerprint density at radius 3 is 2.64 bits per heavy atom. The minimum absolute atomic E-state index is 0.458. The molecule has 0 saturated heterocycles. The van der Waals surface area contributed by atoms with E-state index >= 15 is 0 Å². The first-order valence-electron chi connectivity index (χ1n) is 6.96. The SMILES string of the molecule is Cc1[nH]c2ccccc2c1/C=N\NC(=S)Nc1ccccc1. The topological polar surface area (TPSA) is 52.2 Å². The summed E-state index contributed by atoms with van der Waals surface area (Å²) in [4.78, 5) is 3.34. The molecule has 3 N–H and O–H groups in total. The van der Waals surface area contributed by atoms with Crippen molar-refractivity contribution in [3.63, 3.8) is 0 Å². The Bertz CT molecular complexity index is 821. The molecule has 0 aliphatic heterocycles. The average molecular weight is 308 g/mol. The Morgan fingerprint density at radius 2 is 1.82 bits per heavy atom. The van der Waals surface area contributed by atoms with Gasteiger partial charge in [-0.15, -0.1) is 0 Å². The molecule has 1 aromatic heterocycles. The third kappa shape index (κ3) is 3.15. The molecule has 0 atom stereocenters. The first-order chi connectivity index (χ1) is 10.7. The maximum absolute atomic E-state index is 5.22. The monoisotopic (exact) mass is 308 g/mol. The van der Waals surface area contributed by atoms with Gasteiger partial charge in [-0.1, -0.05) is 36.4 Å². The molecule has 0 bridgehead atoms. The van der Waals surface area contributed by atoms with E-state index in [9.17, 15) is 0 Å². The van der Waals surface area contributed by atoms with Crippen molar-refractivity contribution in [1.82, 2.24) is 10.4 Å². The van der Waals surface area contributed by atoms with Crippen molar-refractivity contribution in [3.8, 4) is 0 Å². The number of aromatic amines is 1. The van der Waals surface area contributed by atoms with E-state index in [4.69, 9.17) is 12.2 Å². The van der Waals surface area contributed by atoms with E-state index in [2.05, 4.69) is 33.0 Å². The number of aromatic nitrogens is 1. The van der Waals surface area contributed by atoms with Crippen LogP contribution >= 0.6 is 12.2 Å². The fraction of sp³-hybridized carbons (Fsp3) is 0.0588. The van der Waals surface area contributed by atoms with Gasteiger partial charge in [-0.05, 0) is 37.3 Å². The van der Waals surface area contributed by atoms with Crippen LogP contribution in [-0.2, 0) is 0 Å². The van der Waals surface area contributed by atoms with Crippen LogP contribution in [0.1, 0.15) is 11.3 Å². The number of nitrogens with one attached hydrogen (secondary N) is 3. The van der Waals surface area contributed by atoms with Gasteiger partial charge in [-0.25, -0.2) is 0 Å². The third-order valence-corrected chi connectivity index (χ3v) is 3.53. The second kappa shape index (κ2) is 6.41. The quantitative estimate of drug-likeness (QED) is 0.392. The first kappa shape index (κ1) is 14.3. The zero-order valence-electron chi connectivity index (χ0n) is 12.1. The molecule has 0 unspecified atom stereocenters. The highest BCUT2D eigenvalue weighted by molar-refractivity contribution is 7.80. The first-order valence-corrected chi connectivity index (χ1v) is 7.37. The lowest BCUT2D eigenvalue weighted by molar-refractivity contribution is 1.05. The largest absolute Gasteiger partial charge is 0.358 e. The number of para-hydroxylation sites is 2. The van der Waals surface area contributed by atoms with E-state index in [1.54, 1.807) is 6.21 Å². The van der Waals surface area contributed by atoms with E-state index in [0.29, 0.717) is 5.11 Å². The molecule has 4 nitrogen and oxygen atoms in total. The summed E-state index contributed by atoms with van der Waals surface area (Å²) in [6.07, 6.45) is 1.78. The lowest BCUT2D eigenvalue weighted by atomic mass is 10.1. The summed E-state index contributed by atoms with van der Waals surface area (Å²) in [6, 6.07) is 17.9. The number of hydrogen-bond donors (Lipinski definition) is 3. The highest BCUT2D eigenvalue weighted by atomic mass is 32.1. The van der Waals surface area contributed by atoms with E-state index in [1.165, 1.54) is 0 Å². The Hall–Kier alpha value is -2.66. The molecule has 5 heteroatoms. The summed E-state index contributed by atoms with van der Waals surface area (Å²) in [5, 5.41) is 8.90. The van der Waals surface area contributed by atoms with Crippen molar-refractivity contribution in [3.05, 3.63) is 65.9 Å². The maximum atomic E-state index is 5.22. The number of H-pyrrole nitrogens is 1. The molecule has 0 amide bonds. The molecule has 1 heterocycles. The van der Waals surface area contributed by atoms with Crippen LogP contribution in [0.3, 0.4) is 0 Å². The minimum Gasteiger partial charge on any atom is -0.358 e. The van der Waals surface area contributed by atoms with Crippen molar-refractivity contribution in [2.24, 2.45) is 5.10 Å². The number of hydrazone groups is 1. The molecule has 3 aromatic rings. The van der Waals surface area contributed by atoms with Gasteiger partial charge in [0, 0.05) is 27.8 Å². The molecular formula is C17H16N4S. The molecule has 3 rings (SSSR count). The van der Waals surface area contributed by atoms with Crippen LogP contribution < -0.4 is 10.7 Å². The van der Waals surface area contributed by atoms with Crippen molar-refractivity contribution in [1.29, 1.82) is 0 Å². The predicted molar refractivity (Wildman–Crippen MR) is 96.4 cm³/mol. The molecule has 0 radical (unpaired) electrons. The fourth-order valence-electron chi connectivity index (χ4n) is 2.30. The molecule has 22 heavy (non-hydrogen) atoms. The maximum Gasteiger partial charge on any atom is 0.191 e. The Balaban J connectivity index is 1.69. The van der Waals surface area contributed by atoms with E-state index in [1.807, 2.05) is 49.4 Å². The summed E-state index contributed by atoms with van der Waals surface area (Å²) >= 11 is 5.22. The van der Waals surface area contributed by atoms with Crippen LogP contribution in [0.25, 0.3) is 10.9 Å². The summed E-state index contributed by atoms with van der Waals surface area (Å²) in [6.45, 7) is 2.03. The number of fused-ring (bicyclic) bond motifs is 1. The molecule has 2 aromatic carbocycles. The summed E-state index contributed by atoms with van der Waals surface area (Å²) in [5.41, 5.74) is 7.01. The predicted octanol–water partition coefficient (Wildman–Crippen LogP) is 3.80. The van der Waals surface area contributed by atoms with Gasteiger partial charge in [0.1, 0.15) is 0 Å². The van der Waals surface area contributed by atoms with Crippen LogP contribution in [0.2, 0.25) is 0 Å². The average Bonchev–Trinajstić information content (AvgIpc) is 2.84. The van der Waals surface area contributed by atoms with E-state index in [0.717, 1.165) is 27.8 Å². The van der Waals surface area contributed by atoms with Crippen LogP contribution in [0.5, 0.6) is 0 Å².